The summed E-state index contributed by atoms with van der Waals surface area (Å²) in [6.07, 6.45) is 0. The van der Waals surface area contributed by atoms with E-state index in [0.717, 1.165) is 61.8 Å². The highest BCUT2D eigenvalue weighted by molar-refractivity contribution is 7.23. The molecule has 0 bridgehead atoms. The molecule has 0 atom stereocenters. The molecular weight excluding hydrogens is 1350 g/mol. The number of rotatable bonds is 15. The van der Waals surface area contributed by atoms with Crippen LogP contribution >= 0.6 is 56.9 Å². The van der Waals surface area contributed by atoms with Gasteiger partial charge in [0, 0.05) is 128 Å². The van der Waals surface area contributed by atoms with Crippen molar-refractivity contribution >= 4 is 160 Å². The average molecular weight is 1420 g/mol. The van der Waals surface area contributed by atoms with Gasteiger partial charge < -0.3 is 20.0 Å². The van der Waals surface area contributed by atoms with Crippen LogP contribution in [0, 0.1) is 13.8 Å². The summed E-state index contributed by atoms with van der Waals surface area (Å²) in [6, 6.07) is 129. The Hall–Kier alpha value is -11.6. The first-order valence-corrected chi connectivity index (χ1v) is 38.1. The van der Waals surface area contributed by atoms with Gasteiger partial charge in [0.2, 0.25) is 0 Å². The second-order valence-electron chi connectivity index (χ2n) is 25.2. The molecule has 0 radical (unpaired) electrons. The molecule has 18 aromatic rings. The summed E-state index contributed by atoms with van der Waals surface area (Å²) in [7, 11) is 0. The van der Waals surface area contributed by atoms with Gasteiger partial charge in [-0.25, -0.2) is 0 Å². The van der Waals surface area contributed by atoms with Gasteiger partial charge in [-0.05, 0) is 169 Å². The zero-order valence-electron chi connectivity index (χ0n) is 56.6. The van der Waals surface area contributed by atoms with Crippen molar-refractivity contribution in [1.82, 2.24) is 0 Å². The number of halogens is 1. The Balaban J connectivity index is 0.000000136. The van der Waals surface area contributed by atoms with Gasteiger partial charge in [-0.15, -0.1) is 45.3 Å². The maximum Gasteiger partial charge on any atom is 0.0647 e. The molecular formula is C94H69ClN4S4. The molecule has 0 fully saturated rings. The fourth-order valence-corrected chi connectivity index (χ4v) is 18.2. The van der Waals surface area contributed by atoms with E-state index in [1.165, 1.54) is 100 Å². The van der Waals surface area contributed by atoms with E-state index in [9.17, 15) is 0 Å². The third kappa shape index (κ3) is 14.3. The van der Waals surface area contributed by atoms with Crippen LogP contribution in [0.4, 0.5) is 62.6 Å². The zero-order valence-corrected chi connectivity index (χ0v) is 60.7. The fraction of sp³-hybridized carbons (Fsp3) is 0.0213. The number of benzene rings is 14. The molecule has 4 heterocycles. The molecule has 1 N–H and O–H groups in total. The molecule has 18 rings (SSSR count). The third-order valence-electron chi connectivity index (χ3n) is 18.2. The minimum atomic E-state index is 0.737. The van der Waals surface area contributed by atoms with Gasteiger partial charge in [0.15, 0.2) is 0 Å². The van der Waals surface area contributed by atoms with Gasteiger partial charge in [0.1, 0.15) is 0 Å². The zero-order chi connectivity index (χ0) is 69.4. The summed E-state index contributed by atoms with van der Waals surface area (Å²) in [5.74, 6) is 0. The lowest BCUT2D eigenvalue weighted by Crippen LogP contribution is -2.13. The highest BCUT2D eigenvalue weighted by Gasteiger charge is 2.24. The van der Waals surface area contributed by atoms with Crippen molar-refractivity contribution in [3.05, 3.63) is 391 Å². The largest absolute Gasteiger partial charge is 0.354 e. The quantitative estimate of drug-likeness (QED) is 0.110. The van der Waals surface area contributed by atoms with E-state index < -0.39 is 0 Å². The lowest BCUT2D eigenvalue weighted by Gasteiger charge is -2.30. The topological polar surface area (TPSA) is 21.8 Å². The van der Waals surface area contributed by atoms with Gasteiger partial charge in [0.05, 0.1) is 11.4 Å². The Kier molecular flexibility index (Phi) is 19.4. The molecule has 0 saturated heterocycles. The van der Waals surface area contributed by atoms with Gasteiger partial charge in [-0.2, -0.15) is 0 Å². The molecule has 0 aliphatic heterocycles. The minimum Gasteiger partial charge on any atom is -0.354 e. The number of hydrogen-bond acceptors (Lipinski definition) is 8. The number of thiophene rings is 4. The Labute approximate surface area is 622 Å². The van der Waals surface area contributed by atoms with E-state index in [-0.39, 0.29) is 0 Å². The Morgan fingerprint density at radius 1 is 0.272 bits per heavy atom. The van der Waals surface area contributed by atoms with Gasteiger partial charge in [-0.3, -0.25) is 0 Å². The van der Waals surface area contributed by atoms with Crippen LogP contribution in [0.3, 0.4) is 0 Å². The molecule has 0 amide bonds. The van der Waals surface area contributed by atoms with Crippen LogP contribution in [-0.2, 0) is 0 Å². The van der Waals surface area contributed by atoms with Crippen LogP contribution in [0.2, 0.25) is 5.02 Å². The van der Waals surface area contributed by atoms with Crippen LogP contribution in [0.15, 0.2) is 375 Å². The first-order valence-electron chi connectivity index (χ1n) is 34.4. The number of nitrogens with one attached hydrogen (secondary N) is 1. The number of anilines is 11. The molecule has 0 saturated carbocycles. The average Bonchev–Trinajstić information content (AvgIpc) is 1.40. The number of para-hydroxylation sites is 4. The standard InChI is InChI=1S/C47H34N2S2.C33H24ClNS.C14H11NS/c1-33-28-39(30-40(29-33)49(37-22-12-5-13-23-37)43-32-50-44-25-15-14-24-41(43)44)48(36-20-10-4-11-21-36)38-26-27-42-45(31-38)51-47(35-18-8-3-9-19-35)46(42)34-16-6-2-7-17-34;1-23-19-26(34)21-29(20-23)35(27-15-9-4-10-16-27)28-17-18-30-31(22-28)36-33(25-13-7-3-8-14-25)32(30)24-11-5-2-6-12-24;1-2-6-11(7-3-1)15-13-10-16-14-9-5-4-8-12(13)14/h2-32H,1H3;2-22H,1H3;1-10,15H. The molecule has 0 aliphatic rings. The maximum atomic E-state index is 6.50. The van der Waals surface area contributed by atoms with E-state index in [0.29, 0.717) is 0 Å². The number of hydrogen-bond donors (Lipinski definition) is 1. The molecule has 103 heavy (non-hydrogen) atoms. The van der Waals surface area contributed by atoms with Gasteiger partial charge in [-0.1, -0.05) is 254 Å². The number of fused-ring (bicyclic) bond motifs is 4. The summed E-state index contributed by atoms with van der Waals surface area (Å²) in [4.78, 5) is 9.66. The molecule has 496 valence electrons. The van der Waals surface area contributed by atoms with Crippen molar-refractivity contribution in [2.75, 3.05) is 20.0 Å². The third-order valence-corrected chi connectivity index (χ3v) is 22.7. The molecule has 0 unspecified atom stereocenters. The predicted octanol–water partition coefficient (Wildman–Crippen LogP) is 30.0. The first kappa shape index (κ1) is 66.0. The van der Waals surface area contributed by atoms with Crippen LogP contribution in [0.1, 0.15) is 11.1 Å². The van der Waals surface area contributed by atoms with E-state index in [1.807, 2.05) is 59.1 Å². The van der Waals surface area contributed by atoms with Crippen LogP contribution < -0.4 is 20.0 Å². The first-order chi connectivity index (χ1) is 50.8. The second-order valence-corrected chi connectivity index (χ2v) is 29.6. The highest BCUT2D eigenvalue weighted by Crippen LogP contribution is 2.51. The minimum absolute atomic E-state index is 0.737. The van der Waals surface area contributed by atoms with E-state index in [2.05, 4.69) is 372 Å². The van der Waals surface area contributed by atoms with Crippen molar-refractivity contribution in [2.24, 2.45) is 0 Å². The fourth-order valence-electron chi connectivity index (χ4n) is 13.6. The van der Waals surface area contributed by atoms with Gasteiger partial charge in [0.25, 0.3) is 0 Å². The smallest absolute Gasteiger partial charge is 0.0647 e. The normalized spacial score (nSPS) is 11.1. The van der Waals surface area contributed by atoms with Gasteiger partial charge >= 0.3 is 0 Å². The lowest BCUT2D eigenvalue weighted by molar-refractivity contribution is 1.24. The lowest BCUT2D eigenvalue weighted by atomic mass is 9.98. The van der Waals surface area contributed by atoms with Crippen molar-refractivity contribution in [3.8, 4) is 43.1 Å². The van der Waals surface area contributed by atoms with Crippen LogP contribution in [0.5, 0.6) is 0 Å². The van der Waals surface area contributed by atoms with E-state index in [4.69, 9.17) is 11.6 Å². The van der Waals surface area contributed by atoms with E-state index >= 15 is 0 Å². The Morgan fingerprint density at radius 3 is 1.12 bits per heavy atom. The Morgan fingerprint density at radius 2 is 0.641 bits per heavy atom. The molecule has 0 aliphatic carbocycles. The number of aryl methyl sites for hydroxylation is 2. The van der Waals surface area contributed by atoms with Crippen LogP contribution in [-0.4, -0.2) is 0 Å². The SMILES string of the molecule is Cc1cc(Cl)cc(N(c2ccccc2)c2ccc3c(-c4ccccc4)c(-c4ccccc4)sc3c2)c1.Cc1cc(N(c2ccccc2)c2ccc3c(-c4ccccc4)c(-c4ccccc4)sc3c2)cc(N(c2ccccc2)c2csc3ccccc23)c1.c1ccc(Nc2csc3ccccc23)cc1. The molecule has 0 spiro atoms. The van der Waals surface area contributed by atoms with E-state index in [1.54, 1.807) is 22.7 Å². The molecule has 4 nitrogen and oxygen atoms in total. The monoisotopic (exact) mass is 1420 g/mol. The molecule has 4 aromatic heterocycles. The van der Waals surface area contributed by atoms with Crippen molar-refractivity contribution in [1.29, 1.82) is 0 Å². The molecule has 9 heteroatoms. The highest BCUT2D eigenvalue weighted by atomic mass is 35.5. The maximum absolute atomic E-state index is 6.50. The van der Waals surface area contributed by atoms with Crippen molar-refractivity contribution in [3.63, 3.8) is 0 Å². The second kappa shape index (κ2) is 30.3. The molecule has 14 aromatic carbocycles. The van der Waals surface area contributed by atoms with Crippen molar-refractivity contribution in [2.45, 2.75) is 13.8 Å². The van der Waals surface area contributed by atoms with Crippen molar-refractivity contribution < 1.29 is 0 Å². The predicted molar refractivity (Wildman–Crippen MR) is 451 cm³/mol. The summed E-state index contributed by atoms with van der Waals surface area (Å²) < 4.78 is 5.11. The summed E-state index contributed by atoms with van der Waals surface area (Å²) in [6.45, 7) is 4.28. The van der Waals surface area contributed by atoms with Crippen LogP contribution in [0.25, 0.3) is 83.5 Å². The summed E-state index contributed by atoms with van der Waals surface area (Å²) in [5, 5.41) is 13.7. The summed E-state index contributed by atoms with van der Waals surface area (Å²) in [5.41, 5.74) is 22.2. The Bertz CT molecular complexity index is 5870. The number of nitrogens with zero attached hydrogens (tertiary/aromatic N) is 3. The summed E-state index contributed by atoms with van der Waals surface area (Å²) >= 11 is 13.8.